The van der Waals surface area contributed by atoms with E-state index in [9.17, 15) is 41.1 Å². The zero-order valence-corrected chi connectivity index (χ0v) is 39.3. The number of piperidine rings is 2. The Bertz CT molecular complexity index is 2880. The summed E-state index contributed by atoms with van der Waals surface area (Å²) in [5, 5.41) is 25.3. The van der Waals surface area contributed by atoms with Gasteiger partial charge in [0.05, 0.1) is 81.4 Å². The van der Waals surface area contributed by atoms with Gasteiger partial charge in [-0.1, -0.05) is 10.4 Å². The molecule has 0 saturated carbocycles. The minimum Gasteiger partial charge on any atom is -0.465 e. The van der Waals surface area contributed by atoms with Crippen molar-refractivity contribution in [2.45, 2.75) is 36.8 Å². The number of carbonyl (C=O) groups excluding carboxylic acids is 4. The molecule has 0 aliphatic carbocycles. The third-order valence-electron chi connectivity index (χ3n) is 11.4. The van der Waals surface area contributed by atoms with Crippen LogP contribution in [0.2, 0.25) is 0 Å². The fourth-order valence-corrected chi connectivity index (χ4v) is 7.86. The highest BCUT2D eigenvalue weighted by molar-refractivity contribution is 5.97. The number of aryl methyl sites for hydroxylation is 2. The molecule has 2 atom stereocenters. The Hall–Kier alpha value is -8.09. The minimum absolute atomic E-state index is 0.140. The van der Waals surface area contributed by atoms with Gasteiger partial charge in [0, 0.05) is 44.9 Å². The molecule has 20 nitrogen and oxygen atoms in total. The van der Waals surface area contributed by atoms with Crippen LogP contribution >= 0.6 is 0 Å². The molecule has 0 spiro atoms. The van der Waals surface area contributed by atoms with E-state index < -0.39 is 64.3 Å². The molecule has 6 aromatic rings. The number of hydrogen-bond donors (Lipinski definition) is 3. The third kappa shape index (κ3) is 12.4. The van der Waals surface area contributed by atoms with Gasteiger partial charge in [-0.25, -0.2) is 41.1 Å². The van der Waals surface area contributed by atoms with Crippen LogP contribution < -0.4 is 20.9 Å². The highest BCUT2D eigenvalue weighted by Gasteiger charge is 2.43. The first-order valence-corrected chi connectivity index (χ1v) is 21.6. The van der Waals surface area contributed by atoms with E-state index in [2.05, 4.69) is 56.0 Å². The van der Waals surface area contributed by atoms with Crippen LogP contribution in [0.1, 0.15) is 57.8 Å². The normalized spacial score (nSPS) is 17.3. The lowest BCUT2D eigenvalue weighted by atomic mass is 9.85. The summed E-state index contributed by atoms with van der Waals surface area (Å²) >= 11 is 0. The van der Waals surface area contributed by atoms with Crippen molar-refractivity contribution in [2.24, 2.45) is 14.1 Å². The van der Waals surface area contributed by atoms with Crippen molar-refractivity contribution in [1.29, 1.82) is 0 Å². The fourth-order valence-electron chi connectivity index (χ4n) is 7.86. The lowest BCUT2D eigenvalue weighted by molar-refractivity contribution is 0.0588. The maximum Gasteiger partial charge on any atom is 0.407 e. The first-order chi connectivity index (χ1) is 33.9. The molecule has 2 saturated heterocycles. The molecule has 2 unspecified atom stereocenters. The van der Waals surface area contributed by atoms with E-state index in [1.54, 1.807) is 25.0 Å². The second-order valence-corrected chi connectivity index (χ2v) is 16.1. The predicted molar refractivity (Wildman–Crippen MR) is 242 cm³/mol. The van der Waals surface area contributed by atoms with E-state index in [0.29, 0.717) is 42.9 Å². The number of nitrogens with one attached hydrogen (secondary N) is 3. The maximum atomic E-state index is 13.8. The molecule has 25 heteroatoms. The largest absolute Gasteiger partial charge is 0.465 e. The van der Waals surface area contributed by atoms with Crippen molar-refractivity contribution in [3.8, 4) is 22.5 Å². The van der Waals surface area contributed by atoms with Gasteiger partial charge in [-0.15, -0.1) is 10.2 Å². The Morgan fingerprint density at radius 3 is 1.62 bits per heavy atom. The highest BCUT2D eigenvalue weighted by atomic mass is 19.2. The standard InChI is InChI=1S/C23H24F2N6O4.C13H8F3NO2.C10H17N5O2/c1-30-12-20(28-29-30)23(27-22(33)35-3)7-4-8-31(13-23)19-11-26-18(10-15(19)21(32)34-2)14-5-6-16(24)17(25)9-14;1-19-13(18)8-5-12(17-6-11(8)16)7-2-3-9(14)10(15)4-7;1-15-6-8(13-14-15)10(12-9(16)17-2)4-3-5-11-7-10/h5-6,9-12H,4,7-8,13H2,1-3H3,(H,27,33);2-6H,1H3;6,11H,3-5,7H2,1-2H3,(H,12,16). The van der Waals surface area contributed by atoms with E-state index in [1.807, 2.05) is 11.1 Å². The van der Waals surface area contributed by atoms with Gasteiger partial charge >= 0.3 is 24.1 Å². The van der Waals surface area contributed by atoms with Gasteiger partial charge in [0.2, 0.25) is 0 Å². The van der Waals surface area contributed by atoms with Crippen molar-refractivity contribution in [1.82, 2.24) is 55.9 Å². The number of esters is 2. The number of rotatable bonds is 9. The topological polar surface area (TPSA) is 232 Å². The van der Waals surface area contributed by atoms with E-state index >= 15 is 0 Å². The Morgan fingerprint density at radius 2 is 1.13 bits per heavy atom. The number of methoxy groups -OCH3 is 4. The van der Waals surface area contributed by atoms with Gasteiger partial charge < -0.3 is 39.8 Å². The summed E-state index contributed by atoms with van der Waals surface area (Å²) in [5.41, 5.74) is 1.13. The molecule has 2 aliphatic heterocycles. The third-order valence-corrected chi connectivity index (χ3v) is 11.4. The van der Waals surface area contributed by atoms with E-state index in [0.717, 1.165) is 68.7 Å². The molecule has 0 radical (unpaired) electrons. The predicted octanol–water partition coefficient (Wildman–Crippen LogP) is 5.50. The first kappa shape index (κ1) is 52.3. The summed E-state index contributed by atoms with van der Waals surface area (Å²) in [7, 11) is 8.52. The number of carbonyl (C=O) groups is 4. The van der Waals surface area contributed by atoms with Crippen molar-refractivity contribution >= 4 is 29.8 Å². The van der Waals surface area contributed by atoms with Crippen molar-refractivity contribution in [3.63, 3.8) is 0 Å². The maximum absolute atomic E-state index is 13.8. The molecule has 0 bridgehead atoms. The lowest BCUT2D eigenvalue weighted by Crippen LogP contribution is -2.57. The van der Waals surface area contributed by atoms with Crippen LogP contribution in [0.5, 0.6) is 0 Å². The van der Waals surface area contributed by atoms with Crippen molar-refractivity contribution in [2.75, 3.05) is 59.5 Å². The summed E-state index contributed by atoms with van der Waals surface area (Å²) < 4.78 is 88.5. The number of alkyl carbamates (subject to hydrolysis) is 2. The molecule has 4 aromatic heterocycles. The quantitative estimate of drug-likeness (QED) is 0.0923. The van der Waals surface area contributed by atoms with Gasteiger partial charge in [-0.05, 0) is 80.8 Å². The number of aromatic nitrogens is 8. The van der Waals surface area contributed by atoms with Crippen LogP contribution in [0, 0.1) is 29.1 Å². The van der Waals surface area contributed by atoms with Gasteiger partial charge in [0.1, 0.15) is 22.5 Å². The molecular formula is C46H49F5N12O8. The molecule has 2 amide bonds. The fraction of sp³-hybridized carbons (Fsp3) is 0.348. The van der Waals surface area contributed by atoms with Gasteiger partial charge in [-0.3, -0.25) is 19.3 Å². The van der Waals surface area contributed by atoms with Crippen molar-refractivity contribution < 1.29 is 60.1 Å². The highest BCUT2D eigenvalue weighted by Crippen LogP contribution is 2.36. The first-order valence-electron chi connectivity index (χ1n) is 21.6. The lowest BCUT2D eigenvalue weighted by Gasteiger charge is -2.43. The molecule has 376 valence electrons. The second-order valence-electron chi connectivity index (χ2n) is 16.1. The average molecular weight is 993 g/mol. The monoisotopic (exact) mass is 992 g/mol. The Kier molecular flexibility index (Phi) is 16.9. The number of hydrogen-bond acceptors (Lipinski definition) is 16. The minimum atomic E-state index is -1.05. The van der Waals surface area contributed by atoms with Crippen LogP contribution in [0.4, 0.5) is 37.2 Å². The van der Waals surface area contributed by atoms with E-state index in [1.165, 1.54) is 50.4 Å². The number of nitrogens with zero attached hydrogens (tertiary/aromatic N) is 9. The number of halogens is 5. The molecule has 2 aromatic carbocycles. The van der Waals surface area contributed by atoms with Crippen LogP contribution in [-0.2, 0) is 44.1 Å². The van der Waals surface area contributed by atoms with Crippen LogP contribution in [0.3, 0.4) is 0 Å². The summed E-state index contributed by atoms with van der Waals surface area (Å²) in [5.74, 6) is -6.40. The van der Waals surface area contributed by atoms with Gasteiger partial charge in [0.15, 0.2) is 29.1 Å². The zero-order valence-electron chi connectivity index (χ0n) is 39.3. The van der Waals surface area contributed by atoms with Gasteiger partial charge in [0.25, 0.3) is 0 Å². The molecule has 71 heavy (non-hydrogen) atoms. The Balaban J connectivity index is 0.000000193. The summed E-state index contributed by atoms with van der Waals surface area (Å²) in [6.45, 7) is 2.39. The summed E-state index contributed by atoms with van der Waals surface area (Å²) in [6.07, 6.45) is 7.77. The molecular weight excluding hydrogens is 944 g/mol. The Labute approximate surface area is 402 Å². The van der Waals surface area contributed by atoms with Crippen LogP contribution in [0.25, 0.3) is 22.5 Å². The summed E-state index contributed by atoms with van der Waals surface area (Å²) in [4.78, 5) is 57.7. The van der Waals surface area contributed by atoms with Crippen LogP contribution in [-0.4, -0.2) is 119 Å². The smallest absolute Gasteiger partial charge is 0.407 e. The molecule has 2 aliphatic rings. The number of pyridine rings is 2. The number of anilines is 1. The average Bonchev–Trinajstić information content (AvgIpc) is 4.04. The molecule has 2 fully saturated rings. The van der Waals surface area contributed by atoms with Crippen LogP contribution in [0.15, 0.2) is 73.3 Å². The number of ether oxygens (including phenoxy) is 4. The van der Waals surface area contributed by atoms with Gasteiger partial charge in [-0.2, -0.15) is 0 Å². The summed E-state index contributed by atoms with van der Waals surface area (Å²) in [6, 6.07) is 9.09. The number of benzene rings is 2. The Morgan fingerprint density at radius 1 is 0.620 bits per heavy atom. The van der Waals surface area contributed by atoms with E-state index in [-0.39, 0.29) is 34.6 Å². The van der Waals surface area contributed by atoms with Crippen molar-refractivity contribution in [3.05, 3.63) is 125 Å². The number of amides is 2. The molecule has 8 rings (SSSR count). The molecule has 3 N–H and O–H groups in total. The zero-order chi connectivity index (χ0) is 51.5. The molecule has 6 heterocycles. The van der Waals surface area contributed by atoms with E-state index in [4.69, 9.17) is 9.47 Å². The SMILES string of the molecule is COC(=O)NC1(c2cn(C)nn2)CCCN(c2cnc(-c3ccc(F)c(F)c3)cc2C(=O)OC)C1.COC(=O)NC1(c2cn(C)nn2)CCCNC1.COC(=O)c1cc(-c2ccc(F)c(F)c2)ncc1F. The second kappa shape index (κ2) is 23.0.